The molecule has 0 saturated carbocycles. The van der Waals surface area contributed by atoms with Gasteiger partial charge in [-0.15, -0.1) is 0 Å². The summed E-state index contributed by atoms with van der Waals surface area (Å²) in [6.07, 6.45) is 0. The van der Waals surface area contributed by atoms with Crippen LogP contribution in [0.2, 0.25) is 0 Å². The number of cyclic esters (lactones) is 1. The molecule has 7 nitrogen and oxygen atoms in total. The van der Waals surface area contributed by atoms with Gasteiger partial charge in [0.1, 0.15) is 12.5 Å². The van der Waals surface area contributed by atoms with Gasteiger partial charge >= 0.3 is 17.9 Å². The van der Waals surface area contributed by atoms with Gasteiger partial charge in [0.2, 0.25) is 0 Å². The SMILES string of the molecule is CCOC(=O)C1C(C)=NC2=C(C(=O)OC2)C1c1ccccc1C(=O)OC. The Kier molecular flexibility index (Phi) is 4.88. The molecule has 0 amide bonds. The summed E-state index contributed by atoms with van der Waals surface area (Å²) in [4.78, 5) is 41.6. The molecule has 0 aliphatic carbocycles. The summed E-state index contributed by atoms with van der Waals surface area (Å²) in [6, 6.07) is 6.75. The average Bonchev–Trinajstić information content (AvgIpc) is 3.00. The van der Waals surface area contributed by atoms with Crippen LogP contribution in [0, 0.1) is 5.92 Å². The summed E-state index contributed by atoms with van der Waals surface area (Å²) >= 11 is 0. The van der Waals surface area contributed by atoms with Crippen LogP contribution >= 0.6 is 0 Å². The monoisotopic (exact) mass is 357 g/mol. The van der Waals surface area contributed by atoms with E-state index in [0.717, 1.165) is 0 Å². The Morgan fingerprint density at radius 2 is 2.04 bits per heavy atom. The number of benzene rings is 1. The number of aliphatic imine (C=N–C) groups is 1. The van der Waals surface area contributed by atoms with Gasteiger partial charge < -0.3 is 14.2 Å². The van der Waals surface area contributed by atoms with Crippen LogP contribution in [0.1, 0.15) is 35.7 Å². The lowest BCUT2D eigenvalue weighted by atomic mass is 9.74. The zero-order chi connectivity index (χ0) is 18.8. The molecule has 0 N–H and O–H groups in total. The van der Waals surface area contributed by atoms with Crippen molar-refractivity contribution < 1.29 is 28.6 Å². The standard InChI is InChI=1S/C19H19NO6/c1-4-25-18(22)14-10(2)20-13-9-26-19(23)16(13)15(14)11-7-5-6-8-12(11)17(21)24-3/h5-8,14-15H,4,9H2,1-3H3. The van der Waals surface area contributed by atoms with E-state index in [2.05, 4.69) is 4.99 Å². The largest absolute Gasteiger partial charge is 0.465 e. The van der Waals surface area contributed by atoms with Gasteiger partial charge in [0.15, 0.2) is 0 Å². The highest BCUT2D eigenvalue weighted by Gasteiger charge is 2.46. The van der Waals surface area contributed by atoms with E-state index in [1.54, 1.807) is 38.1 Å². The molecular weight excluding hydrogens is 338 g/mol. The fourth-order valence-electron chi connectivity index (χ4n) is 3.43. The number of carbonyl (C=O) groups is 3. The minimum absolute atomic E-state index is 0.0535. The van der Waals surface area contributed by atoms with Crippen LogP contribution in [0.5, 0.6) is 0 Å². The molecule has 2 aliphatic heterocycles. The molecule has 0 aromatic heterocycles. The van der Waals surface area contributed by atoms with E-state index in [0.29, 0.717) is 22.5 Å². The molecule has 3 rings (SSSR count). The van der Waals surface area contributed by atoms with Gasteiger partial charge in [0, 0.05) is 11.6 Å². The number of hydrogen-bond acceptors (Lipinski definition) is 7. The maximum atomic E-state index is 12.6. The fourth-order valence-corrected chi connectivity index (χ4v) is 3.43. The first kappa shape index (κ1) is 17.8. The number of hydrogen-bond donors (Lipinski definition) is 0. The maximum Gasteiger partial charge on any atom is 0.338 e. The van der Waals surface area contributed by atoms with Crippen LogP contribution in [0.4, 0.5) is 0 Å². The number of methoxy groups -OCH3 is 1. The molecule has 2 unspecified atom stereocenters. The van der Waals surface area contributed by atoms with E-state index in [4.69, 9.17) is 14.2 Å². The van der Waals surface area contributed by atoms with Crippen molar-refractivity contribution in [3.8, 4) is 0 Å². The highest BCUT2D eigenvalue weighted by molar-refractivity contribution is 6.08. The molecular formula is C19H19NO6. The quantitative estimate of drug-likeness (QED) is 0.605. The van der Waals surface area contributed by atoms with Crippen molar-refractivity contribution in [3.05, 3.63) is 46.7 Å². The topological polar surface area (TPSA) is 91.3 Å². The van der Waals surface area contributed by atoms with Crippen LogP contribution in [-0.2, 0) is 23.8 Å². The molecule has 0 saturated heterocycles. The van der Waals surface area contributed by atoms with Crippen LogP contribution in [0.15, 0.2) is 40.5 Å². The second-order valence-electron chi connectivity index (χ2n) is 5.98. The summed E-state index contributed by atoms with van der Waals surface area (Å²) in [6.45, 7) is 3.67. The summed E-state index contributed by atoms with van der Waals surface area (Å²) in [7, 11) is 1.28. The summed E-state index contributed by atoms with van der Waals surface area (Å²) in [5, 5.41) is 0. The van der Waals surface area contributed by atoms with E-state index in [9.17, 15) is 14.4 Å². The first-order valence-corrected chi connectivity index (χ1v) is 8.28. The predicted octanol–water partition coefficient (Wildman–Crippen LogP) is 2.02. The Morgan fingerprint density at radius 3 is 2.73 bits per heavy atom. The Hall–Kier alpha value is -2.96. The van der Waals surface area contributed by atoms with Crippen molar-refractivity contribution in [1.82, 2.24) is 0 Å². The van der Waals surface area contributed by atoms with Gasteiger partial charge in [-0.3, -0.25) is 9.79 Å². The zero-order valence-corrected chi connectivity index (χ0v) is 14.8. The minimum Gasteiger partial charge on any atom is -0.465 e. The molecule has 2 atom stereocenters. The first-order valence-electron chi connectivity index (χ1n) is 8.28. The Morgan fingerprint density at radius 1 is 1.31 bits per heavy atom. The third kappa shape index (κ3) is 2.89. The first-order chi connectivity index (χ1) is 12.5. The highest BCUT2D eigenvalue weighted by Crippen LogP contribution is 2.43. The van der Waals surface area contributed by atoms with Crippen LogP contribution in [0.3, 0.4) is 0 Å². The molecule has 1 aromatic rings. The van der Waals surface area contributed by atoms with Crippen molar-refractivity contribution >= 4 is 23.6 Å². The highest BCUT2D eigenvalue weighted by atomic mass is 16.5. The predicted molar refractivity (Wildman–Crippen MR) is 91.7 cm³/mol. The van der Waals surface area contributed by atoms with Gasteiger partial charge in [-0.1, -0.05) is 18.2 Å². The summed E-state index contributed by atoms with van der Waals surface area (Å²) < 4.78 is 15.2. The number of esters is 3. The number of ether oxygens (including phenoxy) is 3. The van der Waals surface area contributed by atoms with Crippen molar-refractivity contribution in [2.75, 3.05) is 20.3 Å². The van der Waals surface area contributed by atoms with E-state index in [1.807, 2.05) is 0 Å². The lowest BCUT2D eigenvalue weighted by Crippen LogP contribution is -2.36. The van der Waals surface area contributed by atoms with Gasteiger partial charge in [-0.2, -0.15) is 0 Å². The lowest BCUT2D eigenvalue weighted by molar-refractivity contribution is -0.146. The third-order valence-electron chi connectivity index (χ3n) is 4.52. The van der Waals surface area contributed by atoms with E-state index in [-0.39, 0.29) is 18.8 Å². The molecule has 2 aliphatic rings. The number of carbonyl (C=O) groups excluding carboxylic acids is 3. The van der Waals surface area contributed by atoms with Gasteiger partial charge in [-0.25, -0.2) is 9.59 Å². The summed E-state index contributed by atoms with van der Waals surface area (Å²) in [5.41, 5.74) is 2.10. The molecule has 0 fully saturated rings. The average molecular weight is 357 g/mol. The van der Waals surface area contributed by atoms with Crippen LogP contribution in [0.25, 0.3) is 0 Å². The van der Waals surface area contributed by atoms with Gasteiger partial charge in [-0.05, 0) is 25.5 Å². The van der Waals surface area contributed by atoms with Crippen LogP contribution in [-0.4, -0.2) is 43.9 Å². The van der Waals surface area contributed by atoms with E-state index < -0.39 is 29.7 Å². The Bertz CT molecular complexity index is 838. The number of rotatable bonds is 4. The second-order valence-corrected chi connectivity index (χ2v) is 5.98. The van der Waals surface area contributed by atoms with Crippen LogP contribution < -0.4 is 0 Å². The maximum absolute atomic E-state index is 12.6. The van der Waals surface area contributed by atoms with Gasteiger partial charge in [0.25, 0.3) is 0 Å². The Balaban J connectivity index is 2.20. The molecule has 26 heavy (non-hydrogen) atoms. The smallest absolute Gasteiger partial charge is 0.338 e. The normalized spacial score (nSPS) is 21.7. The molecule has 0 spiro atoms. The van der Waals surface area contributed by atoms with Crippen molar-refractivity contribution in [1.29, 1.82) is 0 Å². The molecule has 0 bridgehead atoms. The fraction of sp³-hybridized carbons (Fsp3) is 0.368. The summed E-state index contributed by atoms with van der Waals surface area (Å²) in [5.74, 6) is -3.10. The van der Waals surface area contributed by atoms with E-state index >= 15 is 0 Å². The second kappa shape index (κ2) is 7.11. The molecule has 7 heteroatoms. The zero-order valence-electron chi connectivity index (χ0n) is 14.8. The molecule has 1 aromatic carbocycles. The van der Waals surface area contributed by atoms with Crippen molar-refractivity contribution in [3.63, 3.8) is 0 Å². The molecule has 136 valence electrons. The van der Waals surface area contributed by atoms with Crippen molar-refractivity contribution in [2.45, 2.75) is 19.8 Å². The lowest BCUT2D eigenvalue weighted by Gasteiger charge is -2.30. The van der Waals surface area contributed by atoms with Crippen molar-refractivity contribution in [2.24, 2.45) is 10.9 Å². The molecule has 2 heterocycles. The Labute approximate surface area is 150 Å². The van der Waals surface area contributed by atoms with E-state index in [1.165, 1.54) is 7.11 Å². The number of nitrogens with zero attached hydrogens (tertiary/aromatic N) is 1. The minimum atomic E-state index is -0.815. The van der Waals surface area contributed by atoms with Gasteiger partial charge in [0.05, 0.1) is 30.6 Å². The molecule has 0 radical (unpaired) electrons. The third-order valence-corrected chi connectivity index (χ3v) is 4.52.